The number of Topliss-reactive ketones (excluding diaryl/α,β-unsaturated/α-hetero) is 1. The number of amides is 3. The molecule has 1 aliphatic carbocycles. The van der Waals surface area contributed by atoms with Gasteiger partial charge >= 0.3 is 11.6 Å². The lowest BCUT2D eigenvalue weighted by molar-refractivity contribution is -0.906. The van der Waals surface area contributed by atoms with Crippen molar-refractivity contribution >= 4 is 23.5 Å². The van der Waals surface area contributed by atoms with Gasteiger partial charge in [0.2, 0.25) is 12.1 Å². The second-order valence-electron chi connectivity index (χ2n) is 10.2. The molecule has 10 nitrogen and oxygen atoms in total. The van der Waals surface area contributed by atoms with Crippen LogP contribution in [0.5, 0.6) is 0 Å². The second-order valence-corrected chi connectivity index (χ2v) is 10.2. The summed E-state index contributed by atoms with van der Waals surface area (Å²) >= 11 is 0. The lowest BCUT2D eigenvalue weighted by atomic mass is 10.0. The first-order valence-electron chi connectivity index (χ1n) is 13.9. The van der Waals surface area contributed by atoms with Gasteiger partial charge in [0.05, 0.1) is 13.1 Å². The van der Waals surface area contributed by atoms with Gasteiger partial charge in [-0.2, -0.15) is 0 Å². The molecule has 1 atom stereocenters. The van der Waals surface area contributed by atoms with E-state index in [0.29, 0.717) is 24.8 Å². The summed E-state index contributed by atoms with van der Waals surface area (Å²) in [5, 5.41) is 12.9. The van der Waals surface area contributed by atoms with Crippen molar-refractivity contribution in [1.29, 1.82) is 0 Å². The number of rotatable bonds is 7. The highest BCUT2D eigenvalue weighted by Gasteiger charge is 2.32. The van der Waals surface area contributed by atoms with Crippen LogP contribution in [0.4, 0.5) is 0 Å². The summed E-state index contributed by atoms with van der Waals surface area (Å²) < 4.78 is 0.733. The number of nitrogens with zero attached hydrogens (tertiary/aromatic N) is 4. The topological polar surface area (TPSA) is 114 Å². The van der Waals surface area contributed by atoms with Gasteiger partial charge in [-0.3, -0.25) is 24.4 Å². The quantitative estimate of drug-likeness (QED) is 0.395. The van der Waals surface area contributed by atoms with Gasteiger partial charge in [-0.05, 0) is 43.4 Å². The molecule has 0 aromatic carbocycles. The molecule has 1 aromatic rings. The van der Waals surface area contributed by atoms with E-state index in [1.165, 1.54) is 22.1 Å². The molecule has 40 heavy (non-hydrogen) atoms. The SMILES string of the molecule is CC.CC(C)CC(NC(=O)C1=CCC=C(N(C)C)C=C1)C(=O)N1CCCN(C(=O)c2cccc[n+]2O)CC(=O)C1. The van der Waals surface area contributed by atoms with Gasteiger partial charge in [0, 0.05) is 55.3 Å². The van der Waals surface area contributed by atoms with Crippen molar-refractivity contribution in [2.75, 3.05) is 40.3 Å². The fourth-order valence-corrected chi connectivity index (χ4v) is 4.49. The molecule has 2 heterocycles. The number of hydrogen-bond acceptors (Lipinski definition) is 6. The molecular weight excluding hydrogens is 510 g/mol. The minimum atomic E-state index is -0.774. The Morgan fingerprint density at radius 3 is 2.38 bits per heavy atom. The van der Waals surface area contributed by atoms with Crippen LogP contribution in [0.15, 0.2) is 60.0 Å². The number of pyridine rings is 1. The summed E-state index contributed by atoms with van der Waals surface area (Å²) in [5.74, 6) is -1.24. The summed E-state index contributed by atoms with van der Waals surface area (Å²) in [4.78, 5) is 57.2. The van der Waals surface area contributed by atoms with E-state index in [4.69, 9.17) is 0 Å². The molecule has 1 unspecified atom stereocenters. The average Bonchev–Trinajstić information content (AvgIpc) is 3.17. The molecule has 0 bridgehead atoms. The van der Waals surface area contributed by atoms with Gasteiger partial charge in [0.15, 0.2) is 5.78 Å². The van der Waals surface area contributed by atoms with E-state index in [1.54, 1.807) is 18.2 Å². The molecule has 1 aliphatic heterocycles. The van der Waals surface area contributed by atoms with Crippen molar-refractivity contribution in [2.45, 2.75) is 53.0 Å². The first kappa shape index (κ1) is 32.3. The number of carbonyl (C=O) groups is 4. The third kappa shape index (κ3) is 9.07. The zero-order valence-electron chi connectivity index (χ0n) is 24.6. The first-order valence-corrected chi connectivity index (χ1v) is 13.9. The minimum Gasteiger partial charge on any atom is -0.378 e. The Kier molecular flexibility index (Phi) is 12.6. The van der Waals surface area contributed by atoms with Crippen LogP contribution < -0.4 is 10.0 Å². The Morgan fingerprint density at radius 2 is 1.73 bits per heavy atom. The van der Waals surface area contributed by atoms with Gasteiger partial charge < -0.3 is 20.0 Å². The molecule has 0 radical (unpaired) electrons. The van der Waals surface area contributed by atoms with Crippen molar-refractivity contribution in [2.24, 2.45) is 5.92 Å². The maximum Gasteiger partial charge on any atom is 0.323 e. The predicted octanol–water partition coefficient (Wildman–Crippen LogP) is 2.34. The van der Waals surface area contributed by atoms with Gasteiger partial charge in [-0.15, -0.1) is 0 Å². The number of aromatic nitrogens is 1. The molecule has 10 heteroatoms. The smallest absolute Gasteiger partial charge is 0.323 e. The largest absolute Gasteiger partial charge is 0.378 e. The summed E-state index contributed by atoms with van der Waals surface area (Å²) in [6, 6.07) is 3.93. The van der Waals surface area contributed by atoms with E-state index in [2.05, 4.69) is 5.32 Å². The summed E-state index contributed by atoms with van der Waals surface area (Å²) in [5.41, 5.74) is 1.54. The fraction of sp³-hybridized carbons (Fsp3) is 0.500. The first-order chi connectivity index (χ1) is 19.1. The van der Waals surface area contributed by atoms with E-state index in [0.717, 1.165) is 10.4 Å². The van der Waals surface area contributed by atoms with Crippen LogP contribution in [0.2, 0.25) is 0 Å². The maximum atomic E-state index is 13.5. The molecule has 0 saturated carbocycles. The molecule has 218 valence electrons. The van der Waals surface area contributed by atoms with Gasteiger partial charge in [-0.25, -0.2) is 0 Å². The molecule has 1 aromatic heterocycles. The van der Waals surface area contributed by atoms with Crippen LogP contribution in [0, 0.1) is 5.92 Å². The van der Waals surface area contributed by atoms with Crippen LogP contribution in [0.25, 0.3) is 0 Å². The molecule has 0 spiro atoms. The van der Waals surface area contributed by atoms with Crippen LogP contribution >= 0.6 is 0 Å². The summed E-state index contributed by atoms with van der Waals surface area (Å²) in [7, 11) is 3.87. The number of ketones is 1. The summed E-state index contributed by atoms with van der Waals surface area (Å²) in [6.45, 7) is 8.15. The minimum absolute atomic E-state index is 0.0586. The van der Waals surface area contributed by atoms with E-state index in [9.17, 15) is 24.4 Å². The lowest BCUT2D eigenvalue weighted by Gasteiger charge is -2.32. The zero-order chi connectivity index (χ0) is 29.8. The molecule has 2 aliphatic rings. The van der Waals surface area contributed by atoms with Crippen LogP contribution in [0.1, 0.15) is 57.4 Å². The molecule has 3 rings (SSSR count). The lowest BCUT2D eigenvalue weighted by Crippen LogP contribution is -2.54. The van der Waals surface area contributed by atoms with Crippen molar-refractivity contribution in [3.8, 4) is 0 Å². The van der Waals surface area contributed by atoms with E-state index < -0.39 is 11.9 Å². The third-order valence-electron chi connectivity index (χ3n) is 6.44. The van der Waals surface area contributed by atoms with Crippen molar-refractivity contribution in [1.82, 2.24) is 20.0 Å². The molecular formula is C30H44N5O5+. The highest BCUT2D eigenvalue weighted by Crippen LogP contribution is 2.15. The highest BCUT2D eigenvalue weighted by atomic mass is 16.5. The van der Waals surface area contributed by atoms with Gasteiger partial charge in [0.1, 0.15) is 6.04 Å². The standard InChI is InChI=1S/C28H37N5O5.C2H6/c1-20(2)17-24(29-26(35)21-9-7-10-22(13-12-21)30(3)4)27(36)31-14-8-15-32(19-23(34)18-31)28(37)25-11-5-6-16-33(25)38;1-2/h5-6,9-13,16,20,24H,7-8,14-15,17-19H2,1-4H3,(H-,29,35,37,38);1-2H3/p+1. The monoisotopic (exact) mass is 554 g/mol. The summed E-state index contributed by atoms with van der Waals surface area (Å²) in [6.07, 6.45) is 10.3. The fourth-order valence-electron chi connectivity index (χ4n) is 4.49. The Morgan fingerprint density at radius 1 is 1.05 bits per heavy atom. The normalized spacial score (nSPS) is 16.4. The molecule has 3 amide bonds. The van der Waals surface area contributed by atoms with E-state index >= 15 is 0 Å². The van der Waals surface area contributed by atoms with Crippen LogP contribution in [-0.2, 0) is 14.4 Å². The van der Waals surface area contributed by atoms with Gasteiger partial charge in [-0.1, -0.05) is 39.8 Å². The zero-order valence-corrected chi connectivity index (χ0v) is 24.6. The maximum absolute atomic E-state index is 13.5. The number of hydrogen-bond donors (Lipinski definition) is 2. The van der Waals surface area contributed by atoms with Crippen molar-refractivity contribution in [3.05, 3.63) is 65.7 Å². The average molecular weight is 555 g/mol. The molecule has 2 N–H and O–H groups in total. The highest BCUT2D eigenvalue weighted by molar-refractivity contribution is 6.00. The molecule has 1 fully saturated rings. The number of carbonyl (C=O) groups excluding carboxylic acids is 4. The van der Waals surface area contributed by atoms with Crippen molar-refractivity contribution < 1.29 is 29.1 Å². The van der Waals surface area contributed by atoms with Crippen molar-refractivity contribution in [3.63, 3.8) is 0 Å². The third-order valence-corrected chi connectivity index (χ3v) is 6.44. The van der Waals surface area contributed by atoms with Crippen LogP contribution in [0.3, 0.4) is 0 Å². The Balaban J connectivity index is 0.00000274. The Hall–Kier alpha value is -3.95. The molecule has 1 saturated heterocycles. The Bertz CT molecular complexity index is 1150. The van der Waals surface area contributed by atoms with E-state index in [1.807, 2.05) is 64.9 Å². The van der Waals surface area contributed by atoms with Gasteiger partial charge in [0.25, 0.3) is 5.91 Å². The number of allylic oxidation sites excluding steroid dienone is 3. The van der Waals surface area contributed by atoms with E-state index in [-0.39, 0.29) is 55.4 Å². The second kappa shape index (κ2) is 15.6. The number of likely N-dealkylation sites (N-methyl/N-ethyl adjacent to an activating group) is 1. The predicted molar refractivity (Wildman–Crippen MR) is 152 cm³/mol. The Labute approximate surface area is 237 Å². The van der Waals surface area contributed by atoms with Crippen LogP contribution in [-0.4, -0.2) is 89.7 Å². The number of nitrogens with one attached hydrogen (secondary N) is 1.